The topological polar surface area (TPSA) is 76.6 Å². The fourth-order valence-corrected chi connectivity index (χ4v) is 5.19. The Morgan fingerprint density at radius 2 is 2.00 bits per heavy atom. The molecule has 1 atom stereocenters. The molecule has 1 aliphatic carbocycles. The molecule has 2 saturated heterocycles. The van der Waals surface area contributed by atoms with Gasteiger partial charge in [0, 0.05) is 38.5 Å². The van der Waals surface area contributed by atoms with Crippen LogP contribution in [0.1, 0.15) is 72.9 Å². The van der Waals surface area contributed by atoms with E-state index in [0.29, 0.717) is 24.0 Å². The lowest BCUT2D eigenvalue weighted by Crippen LogP contribution is -2.35. The van der Waals surface area contributed by atoms with Gasteiger partial charge in [-0.05, 0) is 86.1 Å². The second kappa shape index (κ2) is 11.3. The number of nitrogens with one attached hydrogen (secondary N) is 1. The minimum atomic E-state index is -0.386. The van der Waals surface area contributed by atoms with Crippen LogP contribution in [0.3, 0.4) is 0 Å². The summed E-state index contributed by atoms with van der Waals surface area (Å²) in [6, 6.07) is 5.14. The highest BCUT2D eigenvalue weighted by atomic mass is 19.1. The van der Waals surface area contributed by atoms with Gasteiger partial charge in [0.05, 0.1) is 5.56 Å². The first-order valence-corrected chi connectivity index (χ1v) is 12.8. The number of hydrogen-bond donors (Lipinski definition) is 1. The molecule has 1 aromatic heterocycles. The van der Waals surface area contributed by atoms with Gasteiger partial charge in [0.1, 0.15) is 5.82 Å². The fourth-order valence-electron chi connectivity index (χ4n) is 5.19. The second-order valence-corrected chi connectivity index (χ2v) is 9.67. The van der Waals surface area contributed by atoms with Crippen molar-refractivity contribution in [2.45, 2.75) is 64.1 Å². The van der Waals surface area contributed by atoms with Crippen molar-refractivity contribution in [1.82, 2.24) is 15.4 Å². The molecule has 3 aliphatic rings. The van der Waals surface area contributed by atoms with E-state index in [-0.39, 0.29) is 18.0 Å². The number of amides is 1. The molecular formula is C27H33FN4O3. The van der Waals surface area contributed by atoms with E-state index in [2.05, 4.69) is 26.4 Å². The van der Waals surface area contributed by atoms with Crippen LogP contribution in [0.5, 0.6) is 0 Å². The number of hydrogen-bond acceptors (Lipinski definition) is 6. The van der Waals surface area contributed by atoms with Gasteiger partial charge in [-0.2, -0.15) is 0 Å². The maximum atomic E-state index is 13.6. The Morgan fingerprint density at radius 1 is 1.17 bits per heavy atom. The third-order valence-electron chi connectivity index (χ3n) is 7.26. The highest BCUT2D eigenvalue weighted by Gasteiger charge is 2.22. The molecule has 35 heavy (non-hydrogen) atoms. The van der Waals surface area contributed by atoms with Gasteiger partial charge in [0.15, 0.2) is 6.29 Å². The van der Waals surface area contributed by atoms with Crippen molar-refractivity contribution in [3.63, 3.8) is 0 Å². The van der Waals surface area contributed by atoms with Gasteiger partial charge >= 0.3 is 0 Å². The third kappa shape index (κ3) is 6.05. The lowest BCUT2D eigenvalue weighted by Gasteiger charge is -2.32. The Balaban J connectivity index is 1.03. The molecule has 2 aliphatic heterocycles. The molecule has 0 bridgehead atoms. The molecule has 2 aromatic rings. The molecule has 2 fully saturated rings. The first kappa shape index (κ1) is 23.9. The van der Waals surface area contributed by atoms with Crippen LogP contribution in [0.15, 0.2) is 36.7 Å². The Morgan fingerprint density at radius 3 is 2.77 bits per heavy atom. The zero-order valence-electron chi connectivity index (χ0n) is 20.0. The number of piperidine rings is 1. The molecule has 0 saturated carbocycles. The lowest BCUT2D eigenvalue weighted by molar-refractivity contribution is -0.186. The summed E-state index contributed by atoms with van der Waals surface area (Å²) in [5, 5.41) is 0. The number of aromatic nitrogens is 2. The highest BCUT2D eigenvalue weighted by Crippen LogP contribution is 2.33. The number of anilines is 1. The lowest BCUT2D eigenvalue weighted by atomic mass is 9.90. The number of halogens is 1. The second-order valence-electron chi connectivity index (χ2n) is 9.67. The summed E-state index contributed by atoms with van der Waals surface area (Å²) >= 11 is 0. The maximum absolute atomic E-state index is 13.6. The molecule has 8 heteroatoms. The molecule has 1 N–H and O–H groups in total. The average molecular weight is 481 g/mol. The monoisotopic (exact) mass is 480 g/mol. The Kier molecular flexibility index (Phi) is 7.69. The van der Waals surface area contributed by atoms with Crippen molar-refractivity contribution in [1.29, 1.82) is 0 Å². The molecule has 1 unspecified atom stereocenters. The number of benzene rings is 1. The van der Waals surface area contributed by atoms with E-state index in [1.54, 1.807) is 24.5 Å². The van der Waals surface area contributed by atoms with Gasteiger partial charge in [0.25, 0.3) is 5.91 Å². The Hall–Kier alpha value is -2.84. The van der Waals surface area contributed by atoms with E-state index in [9.17, 15) is 9.18 Å². The highest BCUT2D eigenvalue weighted by molar-refractivity contribution is 5.92. The summed E-state index contributed by atoms with van der Waals surface area (Å²) in [6.45, 7) is 2.48. The number of ether oxygens (including phenoxy) is 1. The van der Waals surface area contributed by atoms with Crippen LogP contribution < -0.4 is 10.4 Å². The Bertz CT molecular complexity index is 1040. The van der Waals surface area contributed by atoms with Crippen LogP contribution in [-0.2, 0) is 16.0 Å². The van der Waals surface area contributed by atoms with Crippen molar-refractivity contribution in [3.05, 3.63) is 59.2 Å². The van der Waals surface area contributed by atoms with Gasteiger partial charge < -0.3 is 9.64 Å². The fraction of sp³-hybridized carbons (Fsp3) is 0.519. The third-order valence-corrected chi connectivity index (χ3v) is 7.26. The number of fused-ring (bicyclic) bond motifs is 1. The summed E-state index contributed by atoms with van der Waals surface area (Å²) in [6.07, 6.45) is 14.2. The van der Waals surface area contributed by atoms with Crippen LogP contribution in [0.25, 0.3) is 5.57 Å². The predicted molar refractivity (Wildman–Crippen MR) is 131 cm³/mol. The van der Waals surface area contributed by atoms with Crippen molar-refractivity contribution < 1.29 is 18.8 Å². The number of hydroxylamine groups is 1. The van der Waals surface area contributed by atoms with Gasteiger partial charge in [-0.25, -0.2) is 24.7 Å². The van der Waals surface area contributed by atoms with Gasteiger partial charge in [-0.1, -0.05) is 12.1 Å². The molecule has 5 rings (SSSR count). The number of carbonyl (C=O) groups excluding carboxylic acids is 1. The quantitative estimate of drug-likeness (QED) is 0.546. The van der Waals surface area contributed by atoms with Crippen molar-refractivity contribution >= 4 is 17.4 Å². The van der Waals surface area contributed by atoms with Gasteiger partial charge in [0.2, 0.25) is 5.95 Å². The molecule has 186 valence electrons. The van der Waals surface area contributed by atoms with Crippen LogP contribution in [0, 0.1) is 11.7 Å². The van der Waals surface area contributed by atoms with Gasteiger partial charge in [-0.3, -0.25) is 4.79 Å². The van der Waals surface area contributed by atoms with E-state index < -0.39 is 0 Å². The summed E-state index contributed by atoms with van der Waals surface area (Å²) in [5.74, 6) is 0.824. The summed E-state index contributed by atoms with van der Waals surface area (Å²) in [7, 11) is 0. The zero-order valence-corrected chi connectivity index (χ0v) is 20.0. The van der Waals surface area contributed by atoms with Crippen LogP contribution >= 0.6 is 0 Å². The SMILES string of the molecule is O=C(NOC1CCCCO1)c1cnc(N2CCC(CCCC3=CCc4ccc(F)cc43)CC2)nc1. The molecule has 7 nitrogen and oxygen atoms in total. The number of allylic oxidation sites excluding steroid dienone is 2. The van der Waals surface area contributed by atoms with Crippen molar-refractivity contribution in [2.75, 3.05) is 24.6 Å². The van der Waals surface area contributed by atoms with E-state index in [1.165, 1.54) is 17.6 Å². The molecule has 1 aromatic carbocycles. The largest absolute Gasteiger partial charge is 0.350 e. The van der Waals surface area contributed by atoms with Gasteiger partial charge in [-0.15, -0.1) is 0 Å². The molecule has 1 amide bonds. The van der Waals surface area contributed by atoms with E-state index in [0.717, 1.165) is 70.0 Å². The normalized spacial score (nSPS) is 20.4. The van der Waals surface area contributed by atoms with Crippen molar-refractivity contribution in [2.24, 2.45) is 5.92 Å². The first-order chi connectivity index (χ1) is 17.2. The Labute approximate surface area is 205 Å². The first-order valence-electron chi connectivity index (χ1n) is 12.8. The maximum Gasteiger partial charge on any atom is 0.278 e. The van der Waals surface area contributed by atoms with Crippen LogP contribution in [-0.4, -0.2) is 41.9 Å². The standard InChI is InChI=1S/C27H33FN4O3/c28-23-10-9-21-8-7-20(24(21)16-23)5-3-4-19-11-13-32(14-12-19)27-29-17-22(18-30-27)26(33)31-35-25-6-1-2-15-34-25/h7,9-10,16-19,25H,1-6,8,11-15H2,(H,31,33). The van der Waals surface area contributed by atoms with Crippen molar-refractivity contribution in [3.8, 4) is 0 Å². The van der Waals surface area contributed by atoms with Crippen LogP contribution in [0.4, 0.5) is 10.3 Å². The molecule has 0 spiro atoms. The summed E-state index contributed by atoms with van der Waals surface area (Å²) < 4.78 is 19.1. The number of nitrogens with zero attached hydrogens (tertiary/aromatic N) is 3. The number of rotatable bonds is 8. The zero-order chi connectivity index (χ0) is 24.0. The van der Waals surface area contributed by atoms with Crippen LogP contribution in [0.2, 0.25) is 0 Å². The minimum absolute atomic E-state index is 0.151. The number of carbonyl (C=O) groups is 1. The minimum Gasteiger partial charge on any atom is -0.350 e. The molecule has 3 heterocycles. The molecule has 0 radical (unpaired) electrons. The summed E-state index contributed by atoms with van der Waals surface area (Å²) in [5.41, 5.74) is 6.44. The van der Waals surface area contributed by atoms with E-state index >= 15 is 0 Å². The molecular weight excluding hydrogens is 447 g/mol. The summed E-state index contributed by atoms with van der Waals surface area (Å²) in [4.78, 5) is 28.6. The smallest absolute Gasteiger partial charge is 0.278 e. The predicted octanol–water partition coefficient (Wildman–Crippen LogP) is 4.83. The van der Waals surface area contributed by atoms with E-state index in [4.69, 9.17) is 9.57 Å². The average Bonchev–Trinajstić information content (AvgIpc) is 3.30. The van der Waals surface area contributed by atoms with E-state index in [1.807, 2.05) is 6.07 Å².